The maximum atomic E-state index is 10.9. The van der Waals surface area contributed by atoms with E-state index in [0.29, 0.717) is 59.0 Å². The van der Waals surface area contributed by atoms with E-state index in [4.69, 9.17) is 24.5 Å². The Balaban J connectivity index is 0.000000245. The average Bonchev–Trinajstić information content (AvgIpc) is 3.94. The van der Waals surface area contributed by atoms with E-state index in [1.54, 1.807) is 25.2 Å². The number of carbonyl (C=O) groups is 3. The van der Waals surface area contributed by atoms with Crippen LogP contribution in [-0.4, -0.2) is 72.7 Å². The Hall–Kier alpha value is -4.59. The van der Waals surface area contributed by atoms with Gasteiger partial charge in [-0.2, -0.15) is 0 Å². The summed E-state index contributed by atoms with van der Waals surface area (Å²) in [4.78, 5) is 60.8. The summed E-state index contributed by atoms with van der Waals surface area (Å²) in [6.07, 6.45) is 2.54. The molecule has 2 aliphatic heterocycles. The highest BCUT2D eigenvalue weighted by atomic mass is 32.1. The summed E-state index contributed by atoms with van der Waals surface area (Å²) in [6, 6.07) is 0. The zero-order chi connectivity index (χ0) is 38.5. The van der Waals surface area contributed by atoms with Crippen LogP contribution in [0.1, 0.15) is 108 Å². The summed E-state index contributed by atoms with van der Waals surface area (Å²) in [5.74, 6) is -0.701. The maximum absolute atomic E-state index is 10.9. The van der Waals surface area contributed by atoms with Crippen LogP contribution in [0, 0.1) is 27.7 Å². The second kappa shape index (κ2) is 21.2. The molecule has 4 aromatic rings. The van der Waals surface area contributed by atoms with Crippen molar-refractivity contribution in [2.75, 3.05) is 13.2 Å². The number of ether oxygens (including phenoxy) is 2. The number of aromatic nitrogens is 4. The minimum atomic E-state index is -0.982. The van der Waals surface area contributed by atoms with Crippen LogP contribution in [0.2, 0.25) is 0 Å². The van der Waals surface area contributed by atoms with Crippen molar-refractivity contribution in [3.05, 3.63) is 63.3 Å². The van der Waals surface area contributed by atoms with Crippen molar-refractivity contribution in [2.45, 2.75) is 88.5 Å². The van der Waals surface area contributed by atoms with Crippen LogP contribution in [0.4, 0.5) is 0 Å². The highest BCUT2D eigenvalue weighted by Gasteiger charge is 2.25. The molecule has 0 atom stereocenters. The number of nitrogens with zero attached hydrogens (tertiary/aromatic N) is 6. The van der Waals surface area contributed by atoms with Gasteiger partial charge in [-0.25, -0.2) is 34.3 Å². The van der Waals surface area contributed by atoms with Crippen molar-refractivity contribution in [3.8, 4) is 11.8 Å². The van der Waals surface area contributed by atoms with Gasteiger partial charge in [0.05, 0.1) is 62.4 Å². The normalized spacial score (nSPS) is 12.7. The van der Waals surface area contributed by atoms with E-state index in [2.05, 4.69) is 48.6 Å². The van der Waals surface area contributed by atoms with Gasteiger partial charge in [-0.15, -0.1) is 45.3 Å². The molecule has 6 rings (SSSR count). The summed E-state index contributed by atoms with van der Waals surface area (Å²) in [7, 11) is 0. The van der Waals surface area contributed by atoms with Gasteiger partial charge in [0.25, 0.3) is 0 Å². The van der Waals surface area contributed by atoms with E-state index < -0.39 is 11.9 Å². The molecule has 0 aliphatic carbocycles. The lowest BCUT2D eigenvalue weighted by Crippen LogP contribution is -2.02. The Bertz CT molecular complexity index is 1960. The fraction of sp³-hybridized carbons (Fsp3) is 0.441. The highest BCUT2D eigenvalue weighted by molar-refractivity contribution is 7.14. The van der Waals surface area contributed by atoms with Crippen LogP contribution in [0.25, 0.3) is 0 Å². The summed E-state index contributed by atoms with van der Waals surface area (Å²) < 4.78 is 10.4. The van der Waals surface area contributed by atoms with E-state index in [1.807, 2.05) is 34.6 Å². The van der Waals surface area contributed by atoms with Crippen LogP contribution in [0.5, 0.6) is 11.8 Å². The first-order valence-electron chi connectivity index (χ1n) is 16.0. The molecule has 4 aromatic heterocycles. The van der Waals surface area contributed by atoms with Gasteiger partial charge < -0.3 is 29.4 Å². The van der Waals surface area contributed by atoms with Crippen LogP contribution in [0.3, 0.4) is 0 Å². The first-order valence-corrected chi connectivity index (χ1v) is 19.3. The molecule has 53 heavy (non-hydrogen) atoms. The Morgan fingerprint density at radius 2 is 1.15 bits per heavy atom. The summed E-state index contributed by atoms with van der Waals surface area (Å²) in [6.45, 7) is 19.9. The van der Waals surface area contributed by atoms with E-state index in [0.717, 1.165) is 53.9 Å². The fourth-order valence-corrected chi connectivity index (χ4v) is 7.72. The fourth-order valence-electron chi connectivity index (χ4n) is 4.34. The third-order valence-corrected chi connectivity index (χ3v) is 10.4. The Morgan fingerprint density at radius 1 is 0.679 bits per heavy atom. The van der Waals surface area contributed by atoms with E-state index in [1.165, 1.54) is 22.7 Å². The molecule has 0 radical (unpaired) electrons. The lowest BCUT2D eigenvalue weighted by molar-refractivity contribution is -0.140. The summed E-state index contributed by atoms with van der Waals surface area (Å²) >= 11 is 5.49. The molecule has 15 nitrogen and oxygen atoms in total. The molecule has 0 bridgehead atoms. The number of carboxylic acid groups (broad SMARTS) is 2. The van der Waals surface area contributed by atoms with Gasteiger partial charge in [0.1, 0.15) is 26.9 Å². The van der Waals surface area contributed by atoms with Crippen molar-refractivity contribution >= 4 is 74.7 Å². The second-order valence-electron chi connectivity index (χ2n) is 10.5. The first-order chi connectivity index (χ1) is 24.7. The Labute approximate surface area is 324 Å². The highest BCUT2D eigenvalue weighted by Crippen LogP contribution is 2.29. The van der Waals surface area contributed by atoms with Crippen LogP contribution < -0.4 is 9.47 Å². The lowest BCUT2D eigenvalue weighted by atomic mass is 10.1. The molecule has 2 aliphatic rings. The predicted molar refractivity (Wildman–Crippen MR) is 208 cm³/mol. The van der Waals surface area contributed by atoms with Gasteiger partial charge in [0.2, 0.25) is 11.8 Å². The number of carbonyl (C=O) groups excluding carboxylic acids is 1. The monoisotopic (exact) mass is 808 g/mol. The van der Waals surface area contributed by atoms with Crippen LogP contribution >= 0.6 is 45.3 Å². The number of hydrogen-bond acceptors (Lipinski definition) is 17. The quantitative estimate of drug-likeness (QED) is 0.146. The molecule has 0 spiro atoms. The topological polar surface area (TPSA) is 205 Å². The zero-order valence-electron chi connectivity index (χ0n) is 30.0. The van der Waals surface area contributed by atoms with Crippen molar-refractivity contribution in [3.63, 3.8) is 0 Å². The van der Waals surface area contributed by atoms with Crippen LogP contribution in [0.15, 0.2) is 22.6 Å². The van der Waals surface area contributed by atoms with Crippen LogP contribution in [-0.2, 0) is 27.3 Å². The zero-order valence-corrected chi connectivity index (χ0v) is 33.3. The number of rotatable bonds is 10. The standard InChI is InChI=1S/C10H12N2OS.C9H10N2O3S.C7H9NO3S.C7H9NO2S.CH4/c1-4-8-10(14-7(3)11-8)9-5-6(2)13-12-9;1-3-13-9-8(15-5(2)10-9)6-4-7(12)14-11-6;1-3-11-6-5(7(9)10)12-4(2)8-6;1-3-5-6(7(9)10)11-4(2)8-5;/h2,4-5H2,1,3H3;3-4H2,1-2H3;3H2,1-2H3,(H,9,10);3H2,1-2H3,(H,9,10);1H4. The largest absolute Gasteiger partial charge is 0.477 e. The minimum absolute atomic E-state index is 0. The van der Waals surface area contributed by atoms with E-state index in [9.17, 15) is 14.4 Å². The number of allylic oxidation sites excluding steroid dienone is 1. The minimum Gasteiger partial charge on any atom is -0.477 e. The van der Waals surface area contributed by atoms with Gasteiger partial charge in [-0.05, 0) is 54.4 Å². The van der Waals surface area contributed by atoms with Crippen molar-refractivity contribution in [1.82, 2.24) is 19.9 Å². The lowest BCUT2D eigenvalue weighted by Gasteiger charge is -1.99. The van der Waals surface area contributed by atoms with Gasteiger partial charge in [0.15, 0.2) is 4.88 Å². The number of aromatic carboxylic acids is 2. The Morgan fingerprint density at radius 3 is 1.66 bits per heavy atom. The van der Waals surface area contributed by atoms with E-state index >= 15 is 0 Å². The van der Waals surface area contributed by atoms with Gasteiger partial charge >= 0.3 is 17.9 Å². The number of hydrogen-bond donors (Lipinski definition) is 2. The molecule has 0 aromatic carbocycles. The molecule has 0 amide bonds. The van der Waals surface area contributed by atoms with Crippen molar-refractivity contribution in [2.24, 2.45) is 10.3 Å². The third-order valence-electron chi connectivity index (χ3n) is 6.38. The van der Waals surface area contributed by atoms with Gasteiger partial charge in [0, 0.05) is 0 Å². The maximum Gasteiger partial charge on any atom is 0.351 e. The molecule has 2 N–H and O–H groups in total. The molecule has 288 valence electrons. The van der Waals surface area contributed by atoms with Crippen molar-refractivity contribution < 1.29 is 43.7 Å². The molecule has 0 fully saturated rings. The SMILES string of the molecule is C.C=C1CC(c2sc(C)nc2CC)=NO1.CCOc1nc(C)sc1C(=O)O.CCOc1nc(C)sc1C1=NOC(=O)C1.CCc1nc(C)sc1C(=O)O. The molecule has 0 saturated heterocycles. The molecule has 0 saturated carbocycles. The number of aryl methyl sites for hydroxylation is 6. The van der Waals surface area contributed by atoms with E-state index in [-0.39, 0.29) is 30.6 Å². The Kier molecular flexibility index (Phi) is 17.8. The molecule has 6 heterocycles. The van der Waals surface area contributed by atoms with Gasteiger partial charge in [-0.3, -0.25) is 0 Å². The average molecular weight is 809 g/mol. The number of carboxylic acids is 2. The first kappa shape index (κ1) is 44.6. The third kappa shape index (κ3) is 12.8. The molecular weight excluding hydrogens is 765 g/mol. The summed E-state index contributed by atoms with van der Waals surface area (Å²) in [5.41, 5.74) is 3.39. The molecule has 19 heteroatoms. The number of thiazole rings is 4. The number of oxime groups is 2. The predicted octanol–water partition coefficient (Wildman–Crippen LogP) is 8.05. The summed E-state index contributed by atoms with van der Waals surface area (Å²) in [5, 5.41) is 28.6. The van der Waals surface area contributed by atoms with Crippen molar-refractivity contribution in [1.29, 1.82) is 0 Å². The smallest absolute Gasteiger partial charge is 0.351 e. The molecule has 0 unspecified atom stereocenters. The van der Waals surface area contributed by atoms with Gasteiger partial charge in [-0.1, -0.05) is 38.2 Å². The molecular formula is C34H44N6O9S4. The second-order valence-corrected chi connectivity index (χ2v) is 15.3.